The molecule has 0 amide bonds. The molecule has 13 heteroatoms. The second kappa shape index (κ2) is 9.24. The first kappa shape index (κ1) is 22.8. The molecule has 0 aliphatic carbocycles. The standard InChI is InChI=1S/C19H23ClN6O4S2/c1-12-9-13(30-11-12)10-21-18-19(24-31-23-18)22-15-4-3-14(20)17(16(15)27)32(28,29)26-7-5-25(2)6-8-26/h3-4,9,11,27H,5-8,10H2,1-2H3,(H,21,23)(H,22,24). The quantitative estimate of drug-likeness (QED) is 0.421. The van der Waals surface area contributed by atoms with E-state index in [4.69, 9.17) is 16.0 Å². The number of nitrogens with zero attached hydrogens (tertiary/aromatic N) is 4. The number of piperazine rings is 1. The number of hydrogen-bond donors (Lipinski definition) is 3. The minimum Gasteiger partial charge on any atom is -0.504 e. The lowest BCUT2D eigenvalue weighted by Crippen LogP contribution is -2.47. The van der Waals surface area contributed by atoms with E-state index in [2.05, 4.69) is 19.4 Å². The van der Waals surface area contributed by atoms with E-state index in [0.717, 1.165) is 23.1 Å². The fourth-order valence-electron chi connectivity index (χ4n) is 3.32. The molecule has 3 heterocycles. The van der Waals surface area contributed by atoms with Gasteiger partial charge in [-0.25, -0.2) is 8.42 Å². The van der Waals surface area contributed by atoms with E-state index in [1.807, 2.05) is 24.9 Å². The van der Waals surface area contributed by atoms with E-state index in [9.17, 15) is 13.5 Å². The van der Waals surface area contributed by atoms with Crippen LogP contribution in [0.25, 0.3) is 0 Å². The topological polar surface area (TPSA) is 124 Å². The maximum atomic E-state index is 13.2. The number of phenolic OH excluding ortho intramolecular Hbond substituents is 1. The predicted octanol–water partition coefficient (Wildman–Crippen LogP) is 3.09. The Hall–Kier alpha value is -2.38. The highest BCUT2D eigenvalue weighted by atomic mass is 35.5. The summed E-state index contributed by atoms with van der Waals surface area (Å²) < 4.78 is 41.6. The Kier molecular flexibility index (Phi) is 6.58. The SMILES string of the molecule is Cc1coc(CNc2nsnc2Nc2ccc(Cl)c(S(=O)(=O)N3CCN(C)CC3)c2O)c1. The van der Waals surface area contributed by atoms with Crippen LogP contribution in [-0.2, 0) is 16.6 Å². The average molecular weight is 499 g/mol. The number of aromatic nitrogens is 2. The van der Waals surface area contributed by atoms with Crippen LogP contribution in [0.4, 0.5) is 17.3 Å². The van der Waals surface area contributed by atoms with E-state index in [1.54, 1.807) is 6.26 Å². The molecule has 0 saturated carbocycles. The van der Waals surface area contributed by atoms with Crippen molar-refractivity contribution in [3.05, 3.63) is 40.8 Å². The summed E-state index contributed by atoms with van der Waals surface area (Å²) in [7, 11) is -2.05. The number of furan rings is 1. The van der Waals surface area contributed by atoms with Gasteiger partial charge in [-0.3, -0.25) is 0 Å². The van der Waals surface area contributed by atoms with Gasteiger partial charge in [-0.15, -0.1) is 0 Å². The Balaban J connectivity index is 1.57. The summed E-state index contributed by atoms with van der Waals surface area (Å²) in [5, 5.41) is 16.9. The minimum atomic E-state index is -3.98. The van der Waals surface area contributed by atoms with Crippen LogP contribution in [0.2, 0.25) is 5.02 Å². The molecule has 0 radical (unpaired) electrons. The van der Waals surface area contributed by atoms with Crippen molar-refractivity contribution in [3.63, 3.8) is 0 Å². The molecule has 172 valence electrons. The number of hydrogen-bond acceptors (Lipinski definition) is 10. The maximum absolute atomic E-state index is 13.2. The number of phenols is 1. The molecular weight excluding hydrogens is 476 g/mol. The monoisotopic (exact) mass is 498 g/mol. The molecule has 1 saturated heterocycles. The number of sulfonamides is 1. The second-order valence-electron chi connectivity index (χ2n) is 7.51. The van der Waals surface area contributed by atoms with Crippen LogP contribution in [0.5, 0.6) is 5.75 Å². The lowest BCUT2D eigenvalue weighted by molar-refractivity contribution is 0.222. The molecule has 3 aromatic rings. The van der Waals surface area contributed by atoms with Gasteiger partial charge in [0, 0.05) is 26.2 Å². The van der Waals surface area contributed by atoms with E-state index >= 15 is 0 Å². The summed E-state index contributed by atoms with van der Waals surface area (Å²) in [5.41, 5.74) is 1.17. The van der Waals surface area contributed by atoms with Crippen LogP contribution in [-0.4, -0.2) is 64.7 Å². The van der Waals surface area contributed by atoms with Gasteiger partial charge in [0.15, 0.2) is 17.4 Å². The summed E-state index contributed by atoms with van der Waals surface area (Å²) in [6, 6.07) is 4.84. The number of halogens is 1. The normalized spacial score (nSPS) is 15.7. The zero-order valence-electron chi connectivity index (χ0n) is 17.5. The average Bonchev–Trinajstić information content (AvgIpc) is 3.37. The summed E-state index contributed by atoms with van der Waals surface area (Å²) >= 11 is 7.19. The third-order valence-electron chi connectivity index (χ3n) is 5.10. The number of likely N-dealkylation sites (N-methyl/N-ethyl adjacent to an activating group) is 1. The Morgan fingerprint density at radius 1 is 1.22 bits per heavy atom. The molecule has 32 heavy (non-hydrogen) atoms. The molecular formula is C19H23ClN6O4S2. The van der Waals surface area contributed by atoms with Crippen molar-refractivity contribution in [2.45, 2.75) is 18.4 Å². The van der Waals surface area contributed by atoms with Gasteiger partial charge in [0.25, 0.3) is 0 Å². The first-order valence-corrected chi connectivity index (χ1v) is 12.4. The van der Waals surface area contributed by atoms with Crippen molar-refractivity contribution in [3.8, 4) is 5.75 Å². The zero-order valence-corrected chi connectivity index (χ0v) is 19.9. The molecule has 10 nitrogen and oxygen atoms in total. The Morgan fingerprint density at radius 3 is 2.62 bits per heavy atom. The molecule has 1 aliphatic heterocycles. The third-order valence-corrected chi connectivity index (χ3v) is 8.03. The molecule has 3 N–H and O–H groups in total. The number of nitrogens with one attached hydrogen (secondary N) is 2. The minimum absolute atomic E-state index is 0.0464. The number of anilines is 3. The predicted molar refractivity (Wildman–Crippen MR) is 123 cm³/mol. The smallest absolute Gasteiger partial charge is 0.248 e. The van der Waals surface area contributed by atoms with Gasteiger partial charge in [0.1, 0.15) is 10.7 Å². The van der Waals surface area contributed by atoms with Crippen molar-refractivity contribution in [1.29, 1.82) is 0 Å². The molecule has 0 bridgehead atoms. The zero-order chi connectivity index (χ0) is 22.9. The van der Waals surface area contributed by atoms with Crippen molar-refractivity contribution in [1.82, 2.24) is 18.0 Å². The third kappa shape index (κ3) is 4.69. The van der Waals surface area contributed by atoms with Crippen molar-refractivity contribution < 1.29 is 17.9 Å². The van der Waals surface area contributed by atoms with Crippen LogP contribution < -0.4 is 10.6 Å². The van der Waals surface area contributed by atoms with Gasteiger partial charge >= 0.3 is 0 Å². The molecule has 1 fully saturated rings. The number of aromatic hydroxyl groups is 1. The fourth-order valence-corrected chi connectivity index (χ4v) is 5.82. The van der Waals surface area contributed by atoms with Gasteiger partial charge in [0.2, 0.25) is 10.0 Å². The highest BCUT2D eigenvalue weighted by molar-refractivity contribution is 7.89. The summed E-state index contributed by atoms with van der Waals surface area (Å²) in [5.74, 6) is 1.06. The van der Waals surface area contributed by atoms with Crippen molar-refractivity contribution >= 4 is 50.7 Å². The largest absolute Gasteiger partial charge is 0.504 e. The summed E-state index contributed by atoms with van der Waals surface area (Å²) in [6.07, 6.45) is 1.66. The van der Waals surface area contributed by atoms with E-state index in [0.29, 0.717) is 44.4 Å². The fraction of sp³-hybridized carbons (Fsp3) is 0.368. The number of rotatable bonds is 7. The Bertz CT molecular complexity index is 1200. The maximum Gasteiger partial charge on any atom is 0.248 e. The van der Waals surface area contributed by atoms with Gasteiger partial charge in [-0.1, -0.05) is 11.6 Å². The first-order chi connectivity index (χ1) is 15.3. The molecule has 1 aliphatic rings. The van der Waals surface area contributed by atoms with E-state index in [1.165, 1.54) is 16.4 Å². The van der Waals surface area contributed by atoms with Crippen molar-refractivity contribution in [2.24, 2.45) is 0 Å². The van der Waals surface area contributed by atoms with E-state index in [-0.39, 0.29) is 15.6 Å². The van der Waals surface area contributed by atoms with Gasteiger partial charge < -0.3 is 25.1 Å². The van der Waals surface area contributed by atoms with Crippen molar-refractivity contribution in [2.75, 3.05) is 43.9 Å². The number of benzene rings is 1. The molecule has 0 spiro atoms. The Labute approximate surface area is 195 Å². The summed E-state index contributed by atoms with van der Waals surface area (Å²) in [4.78, 5) is 1.72. The highest BCUT2D eigenvalue weighted by Crippen LogP contribution is 2.40. The number of aryl methyl sites for hydroxylation is 1. The lowest BCUT2D eigenvalue weighted by Gasteiger charge is -2.32. The molecule has 2 aromatic heterocycles. The lowest BCUT2D eigenvalue weighted by atomic mass is 10.3. The molecule has 4 rings (SSSR count). The van der Waals surface area contributed by atoms with Crippen LogP contribution in [0.1, 0.15) is 11.3 Å². The molecule has 0 atom stereocenters. The highest BCUT2D eigenvalue weighted by Gasteiger charge is 2.33. The molecule has 0 unspecified atom stereocenters. The van der Waals surface area contributed by atoms with Crippen LogP contribution in [0, 0.1) is 6.92 Å². The molecule has 1 aromatic carbocycles. The van der Waals surface area contributed by atoms with E-state index < -0.39 is 15.8 Å². The van der Waals surface area contributed by atoms with Crippen LogP contribution in [0.3, 0.4) is 0 Å². The van der Waals surface area contributed by atoms with Gasteiger partial charge in [0.05, 0.1) is 35.2 Å². The Morgan fingerprint density at radius 2 is 1.94 bits per heavy atom. The first-order valence-electron chi connectivity index (χ1n) is 9.83. The van der Waals surface area contributed by atoms with Crippen LogP contribution >= 0.6 is 23.3 Å². The summed E-state index contributed by atoms with van der Waals surface area (Å²) in [6.45, 7) is 4.17. The second-order valence-corrected chi connectivity index (χ2v) is 10.3. The van der Waals surface area contributed by atoms with Gasteiger partial charge in [-0.2, -0.15) is 13.1 Å². The van der Waals surface area contributed by atoms with Gasteiger partial charge in [-0.05, 0) is 37.7 Å². The van der Waals surface area contributed by atoms with Crippen LogP contribution in [0.15, 0.2) is 33.8 Å².